The van der Waals surface area contributed by atoms with Crippen LogP contribution in [0.2, 0.25) is 0 Å². The van der Waals surface area contributed by atoms with Gasteiger partial charge in [-0.1, -0.05) is 25.7 Å². The van der Waals surface area contributed by atoms with Gasteiger partial charge in [-0.15, -0.1) is 0 Å². The van der Waals surface area contributed by atoms with Gasteiger partial charge in [-0.25, -0.2) is 10.3 Å². The molecule has 5 heteroatoms. The number of carbonyl (C=O) groups excluding carboxylic acids is 1. The van der Waals surface area contributed by atoms with Crippen LogP contribution in [0, 0.1) is 0 Å². The zero-order valence-corrected chi connectivity index (χ0v) is 11.8. The summed E-state index contributed by atoms with van der Waals surface area (Å²) < 4.78 is 0. The number of hydrogen-bond acceptors (Lipinski definition) is 3. The Morgan fingerprint density at radius 3 is 2.47 bits per heavy atom. The molecule has 0 aromatic rings. The lowest BCUT2D eigenvalue weighted by Crippen LogP contribution is -2.43. The third-order valence-electron chi connectivity index (χ3n) is 4.06. The lowest BCUT2D eigenvalue weighted by atomic mass is 9.96. The molecule has 0 aromatic heterocycles. The quantitative estimate of drug-likeness (QED) is 0.593. The molecule has 1 saturated heterocycles. The van der Waals surface area contributed by atoms with E-state index >= 15 is 0 Å². The summed E-state index contributed by atoms with van der Waals surface area (Å²) in [5, 5.41) is 2.97. The van der Waals surface area contributed by atoms with Crippen LogP contribution in [0.1, 0.15) is 51.4 Å². The number of nitrogens with one attached hydrogen (secondary N) is 2. The molecular weight excluding hydrogens is 242 g/mol. The molecule has 1 aliphatic carbocycles. The van der Waals surface area contributed by atoms with Gasteiger partial charge in [0.2, 0.25) is 0 Å². The fourth-order valence-corrected chi connectivity index (χ4v) is 2.94. The molecule has 1 aliphatic heterocycles. The summed E-state index contributed by atoms with van der Waals surface area (Å²) in [6.45, 7) is 3.80. The lowest BCUT2D eigenvalue weighted by molar-refractivity contribution is 0.0406. The van der Waals surface area contributed by atoms with E-state index in [4.69, 9.17) is 4.84 Å². The van der Waals surface area contributed by atoms with E-state index in [0.29, 0.717) is 12.6 Å². The lowest BCUT2D eigenvalue weighted by Gasteiger charge is -2.26. The summed E-state index contributed by atoms with van der Waals surface area (Å²) >= 11 is 0. The van der Waals surface area contributed by atoms with Crippen molar-refractivity contribution in [3.63, 3.8) is 0 Å². The molecular formula is C14H27N3O2. The Morgan fingerprint density at radius 2 is 1.74 bits per heavy atom. The number of hydrogen-bond donors (Lipinski definition) is 2. The van der Waals surface area contributed by atoms with Crippen molar-refractivity contribution < 1.29 is 9.63 Å². The average molecular weight is 269 g/mol. The number of likely N-dealkylation sites (tertiary alicyclic amines) is 1. The van der Waals surface area contributed by atoms with Crippen molar-refractivity contribution in [2.24, 2.45) is 0 Å². The van der Waals surface area contributed by atoms with Crippen molar-refractivity contribution in [1.29, 1.82) is 0 Å². The Balaban J connectivity index is 1.48. The third-order valence-corrected chi connectivity index (χ3v) is 4.06. The molecule has 110 valence electrons. The molecule has 2 aliphatic rings. The number of rotatable bonds is 5. The predicted octanol–water partition coefficient (Wildman–Crippen LogP) is 2.04. The first kappa shape index (κ1) is 14.6. The standard InChI is InChI=1S/C14H27N3O2/c18-14(15-13-7-3-1-4-8-13)16-19-12-11-17-9-5-2-6-10-17/h13H,1-12H2,(H2,15,16,18). The second-order valence-corrected chi connectivity index (χ2v) is 5.66. The van der Waals surface area contributed by atoms with Crippen molar-refractivity contribution >= 4 is 6.03 Å². The zero-order chi connectivity index (χ0) is 13.3. The highest BCUT2D eigenvalue weighted by Crippen LogP contribution is 2.17. The molecule has 0 unspecified atom stereocenters. The topological polar surface area (TPSA) is 53.6 Å². The molecule has 2 fully saturated rings. The van der Waals surface area contributed by atoms with Gasteiger partial charge >= 0.3 is 6.03 Å². The van der Waals surface area contributed by atoms with Gasteiger partial charge < -0.3 is 10.2 Å². The summed E-state index contributed by atoms with van der Waals surface area (Å²) in [6, 6.07) is 0.144. The van der Waals surface area contributed by atoms with Crippen molar-refractivity contribution in [2.45, 2.75) is 57.4 Å². The van der Waals surface area contributed by atoms with Gasteiger partial charge in [-0.2, -0.15) is 0 Å². The largest absolute Gasteiger partial charge is 0.338 e. The number of hydroxylamine groups is 1. The Bertz CT molecular complexity index is 261. The van der Waals surface area contributed by atoms with Crippen LogP contribution in [0.25, 0.3) is 0 Å². The zero-order valence-electron chi connectivity index (χ0n) is 11.8. The van der Waals surface area contributed by atoms with E-state index in [1.807, 2.05) is 0 Å². The summed E-state index contributed by atoms with van der Waals surface area (Å²) in [5.41, 5.74) is 2.49. The second-order valence-electron chi connectivity index (χ2n) is 5.66. The van der Waals surface area contributed by atoms with Gasteiger partial charge in [0.15, 0.2) is 0 Å². The van der Waals surface area contributed by atoms with Gasteiger partial charge in [-0.3, -0.25) is 4.84 Å². The minimum atomic E-state index is -0.189. The Morgan fingerprint density at radius 1 is 1.05 bits per heavy atom. The van der Waals surface area contributed by atoms with E-state index in [0.717, 1.165) is 32.5 Å². The molecule has 19 heavy (non-hydrogen) atoms. The Hall–Kier alpha value is -0.810. The highest BCUT2D eigenvalue weighted by atomic mass is 16.7. The van der Waals surface area contributed by atoms with Gasteiger partial charge in [0.05, 0.1) is 6.61 Å². The first-order chi connectivity index (χ1) is 9.34. The van der Waals surface area contributed by atoms with E-state index in [2.05, 4.69) is 15.7 Å². The molecule has 0 bridgehead atoms. The summed E-state index contributed by atoms with van der Waals surface area (Å²) in [4.78, 5) is 19.2. The van der Waals surface area contributed by atoms with E-state index in [1.54, 1.807) is 0 Å². The van der Waals surface area contributed by atoms with E-state index in [-0.39, 0.29) is 6.03 Å². The fourth-order valence-electron chi connectivity index (χ4n) is 2.94. The van der Waals surface area contributed by atoms with Crippen LogP contribution in [0.3, 0.4) is 0 Å². The average Bonchev–Trinajstić information content (AvgIpc) is 2.46. The van der Waals surface area contributed by atoms with Gasteiger partial charge in [0, 0.05) is 12.6 Å². The van der Waals surface area contributed by atoms with Crippen molar-refractivity contribution in [2.75, 3.05) is 26.2 Å². The van der Waals surface area contributed by atoms with Gasteiger partial charge in [0.25, 0.3) is 0 Å². The van der Waals surface area contributed by atoms with Crippen LogP contribution < -0.4 is 10.8 Å². The van der Waals surface area contributed by atoms with E-state index in [1.165, 1.54) is 38.5 Å². The first-order valence-corrected chi connectivity index (χ1v) is 7.75. The maximum Gasteiger partial charge on any atom is 0.338 e. The number of piperidine rings is 1. The molecule has 2 amide bonds. The molecule has 5 nitrogen and oxygen atoms in total. The van der Waals surface area contributed by atoms with Crippen molar-refractivity contribution in [3.8, 4) is 0 Å². The van der Waals surface area contributed by atoms with Crippen LogP contribution in [0.5, 0.6) is 0 Å². The Kier molecular flexibility index (Phi) is 6.44. The van der Waals surface area contributed by atoms with E-state index in [9.17, 15) is 4.79 Å². The number of urea groups is 1. The predicted molar refractivity (Wildman–Crippen MR) is 74.8 cm³/mol. The number of amides is 2. The molecule has 2 rings (SSSR count). The minimum Gasteiger partial charge on any atom is -0.334 e. The maximum absolute atomic E-state index is 11.6. The van der Waals surface area contributed by atoms with Crippen LogP contribution >= 0.6 is 0 Å². The summed E-state index contributed by atoms with van der Waals surface area (Å²) in [7, 11) is 0. The van der Waals surface area contributed by atoms with Gasteiger partial charge in [-0.05, 0) is 38.8 Å². The van der Waals surface area contributed by atoms with E-state index < -0.39 is 0 Å². The van der Waals surface area contributed by atoms with Crippen LogP contribution in [0.4, 0.5) is 4.79 Å². The molecule has 2 N–H and O–H groups in total. The first-order valence-electron chi connectivity index (χ1n) is 7.75. The SMILES string of the molecule is O=C(NOCCN1CCCCC1)NC1CCCCC1. The number of nitrogens with zero attached hydrogens (tertiary/aromatic N) is 1. The monoisotopic (exact) mass is 269 g/mol. The van der Waals surface area contributed by atoms with Crippen LogP contribution in [0.15, 0.2) is 0 Å². The molecule has 0 aromatic carbocycles. The molecule has 0 radical (unpaired) electrons. The minimum absolute atomic E-state index is 0.189. The van der Waals surface area contributed by atoms with Crippen molar-refractivity contribution in [1.82, 2.24) is 15.7 Å². The molecule has 1 saturated carbocycles. The van der Waals surface area contributed by atoms with Crippen molar-refractivity contribution in [3.05, 3.63) is 0 Å². The maximum atomic E-state index is 11.6. The third kappa shape index (κ3) is 5.78. The normalized spacial score (nSPS) is 22.1. The highest BCUT2D eigenvalue weighted by Gasteiger charge is 2.15. The Labute approximate surface area is 116 Å². The van der Waals surface area contributed by atoms with Gasteiger partial charge in [0.1, 0.15) is 0 Å². The smallest absolute Gasteiger partial charge is 0.334 e. The highest BCUT2D eigenvalue weighted by molar-refractivity contribution is 5.72. The summed E-state index contributed by atoms with van der Waals surface area (Å²) in [5.74, 6) is 0. The molecule has 0 spiro atoms. The number of carbonyl (C=O) groups is 1. The fraction of sp³-hybridized carbons (Fsp3) is 0.929. The summed E-state index contributed by atoms with van der Waals surface area (Å²) in [6.07, 6.45) is 9.86. The molecule has 1 heterocycles. The van der Waals surface area contributed by atoms with Crippen LogP contribution in [-0.4, -0.2) is 43.2 Å². The molecule has 0 atom stereocenters. The second kappa shape index (κ2) is 8.38. The van der Waals surface area contributed by atoms with Crippen LogP contribution in [-0.2, 0) is 4.84 Å².